The summed E-state index contributed by atoms with van der Waals surface area (Å²) in [7, 11) is 1.57. The number of hydrogen-bond acceptors (Lipinski definition) is 3. The Morgan fingerprint density at radius 2 is 2.15 bits per heavy atom. The molecule has 108 valence electrons. The highest BCUT2D eigenvalue weighted by Crippen LogP contribution is 2.25. The largest absolute Gasteiger partial charge is 0.480 e. The van der Waals surface area contributed by atoms with Gasteiger partial charge < -0.3 is 15.3 Å². The summed E-state index contributed by atoms with van der Waals surface area (Å²) < 4.78 is 0. The number of nitrogens with one attached hydrogen (secondary N) is 1. The standard InChI is InChI=1S/C15H20N2O3/c1-3-13(15(19)20)17(2)14(18)11-8-10-6-4-5-7-12(10)16-9-11/h4-7,11,13,16H,3,8-9H2,1-2H3,(H,19,20). The van der Waals surface area contributed by atoms with Gasteiger partial charge in [0.05, 0.1) is 5.92 Å². The highest BCUT2D eigenvalue weighted by atomic mass is 16.4. The third-order valence-corrected chi connectivity index (χ3v) is 3.86. The number of para-hydroxylation sites is 1. The van der Waals surface area contributed by atoms with E-state index in [1.807, 2.05) is 24.3 Å². The van der Waals surface area contributed by atoms with Gasteiger partial charge in [-0.3, -0.25) is 4.79 Å². The Balaban J connectivity index is 2.10. The number of carboxylic acids is 1. The van der Waals surface area contributed by atoms with Gasteiger partial charge in [0.2, 0.25) is 5.91 Å². The second kappa shape index (κ2) is 5.94. The van der Waals surface area contributed by atoms with Crippen LogP contribution < -0.4 is 5.32 Å². The summed E-state index contributed by atoms with van der Waals surface area (Å²) in [6, 6.07) is 7.14. The molecule has 0 saturated carbocycles. The van der Waals surface area contributed by atoms with E-state index in [-0.39, 0.29) is 11.8 Å². The summed E-state index contributed by atoms with van der Waals surface area (Å²) in [5.74, 6) is -1.27. The van der Waals surface area contributed by atoms with E-state index >= 15 is 0 Å². The van der Waals surface area contributed by atoms with Gasteiger partial charge in [-0.15, -0.1) is 0 Å². The number of rotatable bonds is 4. The number of nitrogens with zero attached hydrogens (tertiary/aromatic N) is 1. The average molecular weight is 276 g/mol. The zero-order valence-corrected chi connectivity index (χ0v) is 11.8. The van der Waals surface area contributed by atoms with Crippen LogP contribution in [-0.4, -0.2) is 41.5 Å². The van der Waals surface area contributed by atoms with Crippen LogP contribution >= 0.6 is 0 Å². The monoisotopic (exact) mass is 276 g/mol. The number of hydrogen-bond donors (Lipinski definition) is 2. The SMILES string of the molecule is CCC(C(=O)O)N(C)C(=O)C1CNc2ccccc2C1. The van der Waals surface area contributed by atoms with Crippen LogP contribution in [0.15, 0.2) is 24.3 Å². The Labute approximate surface area is 118 Å². The van der Waals surface area contributed by atoms with E-state index < -0.39 is 12.0 Å². The van der Waals surface area contributed by atoms with Gasteiger partial charge in [0.1, 0.15) is 6.04 Å². The molecule has 2 N–H and O–H groups in total. The van der Waals surface area contributed by atoms with Gasteiger partial charge in [-0.1, -0.05) is 25.1 Å². The molecule has 0 aliphatic carbocycles. The summed E-state index contributed by atoms with van der Waals surface area (Å²) in [6.45, 7) is 2.33. The summed E-state index contributed by atoms with van der Waals surface area (Å²) in [5.41, 5.74) is 2.17. The van der Waals surface area contributed by atoms with Crippen LogP contribution in [0.25, 0.3) is 0 Å². The lowest BCUT2D eigenvalue weighted by Gasteiger charge is -2.31. The zero-order chi connectivity index (χ0) is 14.7. The molecule has 0 radical (unpaired) electrons. The van der Waals surface area contributed by atoms with Gasteiger partial charge in [-0.05, 0) is 24.5 Å². The quantitative estimate of drug-likeness (QED) is 0.876. The van der Waals surface area contributed by atoms with Gasteiger partial charge in [0.15, 0.2) is 0 Å². The molecule has 5 heteroatoms. The summed E-state index contributed by atoms with van der Waals surface area (Å²) in [4.78, 5) is 24.9. The van der Waals surface area contributed by atoms with Crippen LogP contribution in [0.4, 0.5) is 5.69 Å². The van der Waals surface area contributed by atoms with Crippen molar-refractivity contribution in [1.82, 2.24) is 4.90 Å². The van der Waals surface area contributed by atoms with Gasteiger partial charge in [0, 0.05) is 19.3 Å². The van der Waals surface area contributed by atoms with Crippen molar-refractivity contribution in [1.29, 1.82) is 0 Å². The maximum absolute atomic E-state index is 12.4. The van der Waals surface area contributed by atoms with Crippen LogP contribution in [0.2, 0.25) is 0 Å². The summed E-state index contributed by atoms with van der Waals surface area (Å²) in [5, 5.41) is 12.4. The molecular formula is C15H20N2O3. The molecule has 2 rings (SSSR count). The smallest absolute Gasteiger partial charge is 0.326 e. The van der Waals surface area contributed by atoms with Crippen LogP contribution in [0, 0.1) is 5.92 Å². The topological polar surface area (TPSA) is 69.6 Å². The minimum Gasteiger partial charge on any atom is -0.480 e. The first-order chi connectivity index (χ1) is 9.54. The van der Waals surface area contributed by atoms with Gasteiger partial charge in [-0.25, -0.2) is 4.79 Å². The molecule has 20 heavy (non-hydrogen) atoms. The molecular weight excluding hydrogens is 256 g/mol. The van der Waals surface area contributed by atoms with Crippen LogP contribution in [0.3, 0.4) is 0 Å². The van der Waals surface area contributed by atoms with Crippen molar-refractivity contribution in [3.63, 3.8) is 0 Å². The molecule has 1 aliphatic heterocycles. The number of anilines is 1. The number of fused-ring (bicyclic) bond motifs is 1. The summed E-state index contributed by atoms with van der Waals surface area (Å²) in [6.07, 6.45) is 1.07. The number of benzene rings is 1. The van der Waals surface area contributed by atoms with Crippen molar-refractivity contribution < 1.29 is 14.7 Å². The fourth-order valence-electron chi connectivity index (χ4n) is 2.67. The van der Waals surface area contributed by atoms with Gasteiger partial charge in [0.25, 0.3) is 0 Å². The Hall–Kier alpha value is -2.04. The van der Waals surface area contributed by atoms with Crippen molar-refractivity contribution in [2.75, 3.05) is 18.9 Å². The van der Waals surface area contributed by atoms with Crippen LogP contribution in [-0.2, 0) is 16.0 Å². The van der Waals surface area contributed by atoms with Crippen molar-refractivity contribution >= 4 is 17.6 Å². The normalized spacial score (nSPS) is 18.6. The summed E-state index contributed by atoms with van der Waals surface area (Å²) >= 11 is 0. The lowest BCUT2D eigenvalue weighted by Crippen LogP contribution is -2.47. The fraction of sp³-hybridized carbons (Fsp3) is 0.467. The highest BCUT2D eigenvalue weighted by Gasteiger charge is 2.31. The minimum absolute atomic E-state index is 0.110. The number of aliphatic carboxylic acids is 1. The van der Waals surface area contributed by atoms with Crippen molar-refractivity contribution in [2.24, 2.45) is 5.92 Å². The molecule has 0 spiro atoms. The molecule has 2 atom stereocenters. The Bertz CT molecular complexity index is 516. The average Bonchev–Trinajstić information content (AvgIpc) is 2.46. The number of carbonyl (C=O) groups is 2. The van der Waals surface area contributed by atoms with E-state index in [0.717, 1.165) is 11.3 Å². The first kappa shape index (κ1) is 14.4. The van der Waals surface area contributed by atoms with E-state index in [4.69, 9.17) is 5.11 Å². The zero-order valence-electron chi connectivity index (χ0n) is 11.8. The Morgan fingerprint density at radius 1 is 1.45 bits per heavy atom. The molecule has 2 unspecified atom stereocenters. The van der Waals surface area contributed by atoms with Crippen LogP contribution in [0.5, 0.6) is 0 Å². The molecule has 0 saturated heterocycles. The van der Waals surface area contributed by atoms with Crippen molar-refractivity contribution in [3.8, 4) is 0 Å². The van der Waals surface area contributed by atoms with Crippen molar-refractivity contribution in [3.05, 3.63) is 29.8 Å². The Morgan fingerprint density at radius 3 is 2.80 bits per heavy atom. The van der Waals surface area contributed by atoms with E-state index in [1.54, 1.807) is 14.0 Å². The number of amides is 1. The molecule has 1 aliphatic rings. The second-order valence-corrected chi connectivity index (χ2v) is 5.15. The highest BCUT2D eigenvalue weighted by molar-refractivity contribution is 5.86. The first-order valence-electron chi connectivity index (χ1n) is 6.85. The van der Waals surface area contributed by atoms with E-state index in [9.17, 15) is 9.59 Å². The maximum atomic E-state index is 12.4. The van der Waals surface area contributed by atoms with E-state index in [2.05, 4.69) is 5.32 Å². The van der Waals surface area contributed by atoms with Gasteiger partial charge in [-0.2, -0.15) is 0 Å². The molecule has 1 aromatic rings. The number of likely N-dealkylation sites (N-methyl/N-ethyl adjacent to an activating group) is 1. The number of carboxylic acid groups (broad SMARTS) is 1. The van der Waals surface area contributed by atoms with Crippen LogP contribution in [0.1, 0.15) is 18.9 Å². The third kappa shape index (κ3) is 2.76. The lowest BCUT2D eigenvalue weighted by molar-refractivity contribution is -0.150. The molecule has 1 amide bonds. The first-order valence-corrected chi connectivity index (χ1v) is 6.85. The third-order valence-electron chi connectivity index (χ3n) is 3.86. The molecule has 5 nitrogen and oxygen atoms in total. The predicted octanol–water partition coefficient (Wildman–Crippen LogP) is 1.59. The Kier molecular flexibility index (Phi) is 4.27. The molecule has 0 bridgehead atoms. The number of carbonyl (C=O) groups excluding carboxylic acids is 1. The van der Waals surface area contributed by atoms with Gasteiger partial charge >= 0.3 is 5.97 Å². The predicted molar refractivity (Wildman–Crippen MR) is 76.6 cm³/mol. The molecule has 1 aromatic carbocycles. The van der Waals surface area contributed by atoms with E-state index in [0.29, 0.717) is 19.4 Å². The molecule has 0 fully saturated rings. The molecule has 0 aromatic heterocycles. The lowest BCUT2D eigenvalue weighted by atomic mass is 9.92. The van der Waals surface area contributed by atoms with Crippen molar-refractivity contribution in [2.45, 2.75) is 25.8 Å². The van der Waals surface area contributed by atoms with E-state index in [1.165, 1.54) is 4.90 Å². The molecule has 1 heterocycles. The fourth-order valence-corrected chi connectivity index (χ4v) is 2.67. The minimum atomic E-state index is -0.951. The maximum Gasteiger partial charge on any atom is 0.326 e. The second-order valence-electron chi connectivity index (χ2n) is 5.15.